The van der Waals surface area contributed by atoms with Crippen LogP contribution in [-0.4, -0.2) is 49.6 Å². The number of hydrogen-bond donors (Lipinski definition) is 1. The van der Waals surface area contributed by atoms with Gasteiger partial charge in [0.25, 0.3) is 5.91 Å². The number of morpholine rings is 1. The van der Waals surface area contributed by atoms with Gasteiger partial charge in [-0.3, -0.25) is 9.59 Å². The van der Waals surface area contributed by atoms with E-state index >= 15 is 0 Å². The molecule has 1 N–H and O–H groups in total. The number of amides is 2. The molecule has 0 bridgehead atoms. The van der Waals surface area contributed by atoms with Gasteiger partial charge in [0.1, 0.15) is 11.9 Å². The number of hydrogen-bond acceptors (Lipinski definition) is 5. The number of carbonyl (C=O) groups is 2. The first-order chi connectivity index (χ1) is 12.7. The van der Waals surface area contributed by atoms with Crippen molar-refractivity contribution in [1.29, 1.82) is 0 Å². The zero-order valence-corrected chi connectivity index (χ0v) is 15.5. The van der Waals surface area contributed by atoms with Crippen molar-refractivity contribution >= 4 is 23.2 Å². The highest BCUT2D eigenvalue weighted by Gasteiger charge is 2.26. The van der Waals surface area contributed by atoms with Gasteiger partial charge in [-0.1, -0.05) is 18.2 Å². The van der Waals surface area contributed by atoms with Crippen LogP contribution in [0.5, 0.6) is 5.75 Å². The van der Waals surface area contributed by atoms with Crippen LogP contribution in [0.15, 0.2) is 41.8 Å². The van der Waals surface area contributed by atoms with E-state index in [1.807, 2.05) is 30.5 Å². The van der Waals surface area contributed by atoms with Crippen molar-refractivity contribution < 1.29 is 19.1 Å². The minimum absolute atomic E-state index is 0.0452. The highest BCUT2D eigenvalue weighted by atomic mass is 32.1. The van der Waals surface area contributed by atoms with Gasteiger partial charge >= 0.3 is 0 Å². The number of carbonyl (C=O) groups excluding carboxylic acids is 2. The number of para-hydroxylation sites is 1. The fraction of sp³-hybridized carbons (Fsp3) is 0.368. The molecule has 1 fully saturated rings. The molecule has 1 atom stereocenters. The van der Waals surface area contributed by atoms with Crippen molar-refractivity contribution in [2.24, 2.45) is 0 Å². The summed E-state index contributed by atoms with van der Waals surface area (Å²) in [5.74, 6) is 0.0895. The first kappa shape index (κ1) is 18.4. The quantitative estimate of drug-likeness (QED) is 0.843. The second-order valence-corrected chi connectivity index (χ2v) is 6.81. The first-order valence-electron chi connectivity index (χ1n) is 8.62. The zero-order valence-electron chi connectivity index (χ0n) is 14.6. The Balaban J connectivity index is 1.56. The Hall–Kier alpha value is -2.38. The van der Waals surface area contributed by atoms with E-state index in [2.05, 4.69) is 5.32 Å². The van der Waals surface area contributed by atoms with Crippen LogP contribution < -0.4 is 10.1 Å². The van der Waals surface area contributed by atoms with E-state index in [9.17, 15) is 9.59 Å². The van der Waals surface area contributed by atoms with Crippen molar-refractivity contribution in [3.05, 3.63) is 52.2 Å². The molecule has 0 spiro atoms. The van der Waals surface area contributed by atoms with Gasteiger partial charge in [0.2, 0.25) is 5.91 Å². The van der Waals surface area contributed by atoms with Crippen molar-refractivity contribution in [3.8, 4) is 5.75 Å². The lowest BCUT2D eigenvalue weighted by Gasteiger charge is -2.32. The summed E-state index contributed by atoms with van der Waals surface area (Å²) in [6.45, 7) is 3.82. The Labute approximate surface area is 156 Å². The van der Waals surface area contributed by atoms with Gasteiger partial charge in [-0.15, -0.1) is 11.3 Å². The molecule has 1 aromatic carbocycles. The minimum Gasteiger partial charge on any atom is -0.493 e. The fourth-order valence-corrected chi connectivity index (χ4v) is 3.59. The Kier molecular flexibility index (Phi) is 6.25. The molecule has 3 rings (SSSR count). The van der Waals surface area contributed by atoms with E-state index in [1.165, 1.54) is 0 Å². The molecule has 2 heterocycles. The number of rotatable bonds is 6. The van der Waals surface area contributed by atoms with Crippen LogP contribution in [0.3, 0.4) is 0 Å². The molecule has 1 saturated heterocycles. The van der Waals surface area contributed by atoms with Gasteiger partial charge in [-0.25, -0.2) is 0 Å². The molecule has 1 unspecified atom stereocenters. The Morgan fingerprint density at radius 2 is 2.15 bits per heavy atom. The van der Waals surface area contributed by atoms with Crippen molar-refractivity contribution in [2.75, 3.05) is 32.8 Å². The average Bonchev–Trinajstić information content (AvgIpc) is 3.21. The van der Waals surface area contributed by atoms with E-state index in [4.69, 9.17) is 9.47 Å². The van der Waals surface area contributed by atoms with Crippen LogP contribution in [0.1, 0.15) is 28.3 Å². The second-order valence-electron chi connectivity index (χ2n) is 5.83. The maximum Gasteiger partial charge on any atom is 0.255 e. The predicted molar refractivity (Wildman–Crippen MR) is 99.5 cm³/mol. The number of nitrogens with one attached hydrogen (secondary N) is 1. The smallest absolute Gasteiger partial charge is 0.255 e. The van der Waals surface area contributed by atoms with E-state index < -0.39 is 0 Å². The Bertz CT molecular complexity index is 748. The SMILES string of the molecule is CCOc1ccccc1C(=O)NCC(=O)N1CCOC(c2cccs2)C1. The van der Waals surface area contributed by atoms with Gasteiger partial charge in [0.15, 0.2) is 0 Å². The van der Waals surface area contributed by atoms with Gasteiger partial charge in [0.05, 0.1) is 31.9 Å². The van der Waals surface area contributed by atoms with E-state index in [0.29, 0.717) is 37.6 Å². The average molecular weight is 374 g/mol. The van der Waals surface area contributed by atoms with Crippen molar-refractivity contribution in [1.82, 2.24) is 10.2 Å². The van der Waals surface area contributed by atoms with E-state index in [0.717, 1.165) is 4.88 Å². The molecule has 1 aliphatic rings. The monoisotopic (exact) mass is 374 g/mol. The van der Waals surface area contributed by atoms with Crippen LogP contribution in [0.4, 0.5) is 0 Å². The van der Waals surface area contributed by atoms with Crippen molar-refractivity contribution in [2.45, 2.75) is 13.0 Å². The number of ether oxygens (including phenoxy) is 2. The molecule has 1 aliphatic heterocycles. The largest absolute Gasteiger partial charge is 0.493 e. The van der Waals surface area contributed by atoms with Crippen molar-refractivity contribution in [3.63, 3.8) is 0 Å². The normalized spacial score (nSPS) is 17.0. The van der Waals surface area contributed by atoms with Crippen LogP contribution in [0, 0.1) is 0 Å². The van der Waals surface area contributed by atoms with Crippen LogP contribution in [-0.2, 0) is 9.53 Å². The third kappa shape index (κ3) is 4.42. The van der Waals surface area contributed by atoms with E-state index in [-0.39, 0.29) is 24.5 Å². The lowest BCUT2D eigenvalue weighted by atomic mass is 10.2. The van der Waals surface area contributed by atoms with Gasteiger partial charge in [-0.05, 0) is 30.5 Å². The van der Waals surface area contributed by atoms with Crippen LogP contribution >= 0.6 is 11.3 Å². The second kappa shape index (κ2) is 8.82. The highest BCUT2D eigenvalue weighted by molar-refractivity contribution is 7.10. The summed E-state index contributed by atoms with van der Waals surface area (Å²) >= 11 is 1.62. The molecular formula is C19H22N2O4S. The molecule has 2 aromatic rings. The molecule has 2 amide bonds. The summed E-state index contributed by atoms with van der Waals surface area (Å²) in [6.07, 6.45) is -0.0953. The molecule has 1 aromatic heterocycles. The highest BCUT2D eigenvalue weighted by Crippen LogP contribution is 2.26. The lowest BCUT2D eigenvalue weighted by Crippen LogP contribution is -2.46. The summed E-state index contributed by atoms with van der Waals surface area (Å²) in [5.41, 5.74) is 0.431. The molecule has 0 aliphatic carbocycles. The summed E-state index contributed by atoms with van der Waals surface area (Å²) < 4.78 is 11.2. The summed E-state index contributed by atoms with van der Waals surface area (Å²) in [6, 6.07) is 11.0. The standard InChI is InChI=1S/C19H22N2O4S/c1-2-24-15-7-4-3-6-14(15)19(23)20-12-18(22)21-9-10-25-16(13-21)17-8-5-11-26-17/h3-8,11,16H,2,9-10,12-13H2,1H3,(H,20,23). The minimum atomic E-state index is -0.314. The Morgan fingerprint density at radius 3 is 2.92 bits per heavy atom. The maximum atomic E-state index is 12.5. The maximum absolute atomic E-state index is 12.5. The molecule has 0 saturated carbocycles. The van der Waals surface area contributed by atoms with Crippen LogP contribution in [0.25, 0.3) is 0 Å². The summed E-state index contributed by atoms with van der Waals surface area (Å²) in [5, 5.41) is 4.69. The molecule has 138 valence electrons. The third-order valence-corrected chi connectivity index (χ3v) is 5.08. The summed E-state index contributed by atoms with van der Waals surface area (Å²) in [4.78, 5) is 27.7. The lowest BCUT2D eigenvalue weighted by molar-refractivity contribution is -0.137. The molecule has 0 radical (unpaired) electrons. The zero-order chi connectivity index (χ0) is 18.4. The Morgan fingerprint density at radius 1 is 1.31 bits per heavy atom. The van der Waals surface area contributed by atoms with Gasteiger partial charge in [-0.2, -0.15) is 0 Å². The van der Waals surface area contributed by atoms with E-state index in [1.54, 1.807) is 34.4 Å². The van der Waals surface area contributed by atoms with Gasteiger partial charge in [0, 0.05) is 11.4 Å². The third-order valence-electron chi connectivity index (χ3n) is 4.11. The molecule has 7 heteroatoms. The summed E-state index contributed by atoms with van der Waals surface area (Å²) in [7, 11) is 0. The number of nitrogens with zero attached hydrogens (tertiary/aromatic N) is 1. The predicted octanol–water partition coefficient (Wildman–Crippen LogP) is 2.48. The van der Waals surface area contributed by atoms with Gasteiger partial charge < -0.3 is 19.7 Å². The topological polar surface area (TPSA) is 67.9 Å². The number of thiophene rings is 1. The molecule has 6 nitrogen and oxygen atoms in total. The fourth-order valence-electron chi connectivity index (χ4n) is 2.82. The molecular weight excluding hydrogens is 352 g/mol. The van der Waals surface area contributed by atoms with Crippen LogP contribution in [0.2, 0.25) is 0 Å². The molecule has 26 heavy (non-hydrogen) atoms. The number of benzene rings is 1. The first-order valence-corrected chi connectivity index (χ1v) is 9.49.